The van der Waals surface area contributed by atoms with Gasteiger partial charge in [0.15, 0.2) is 0 Å². The van der Waals surface area contributed by atoms with Crippen LogP contribution in [0.2, 0.25) is 0 Å². The van der Waals surface area contributed by atoms with Crippen LogP contribution in [0.3, 0.4) is 0 Å². The van der Waals surface area contributed by atoms with Gasteiger partial charge in [0.05, 0.1) is 16.3 Å². The Kier molecular flexibility index (Phi) is 9.59. The summed E-state index contributed by atoms with van der Waals surface area (Å²) in [4.78, 5) is 25.0. The first-order valence-electron chi connectivity index (χ1n) is 9.01. The molecule has 32 heavy (non-hydrogen) atoms. The molecule has 0 heterocycles. The van der Waals surface area contributed by atoms with Crippen LogP contribution in [0.25, 0.3) is 0 Å². The van der Waals surface area contributed by atoms with Crippen LogP contribution in [0.1, 0.15) is 27.9 Å². The van der Waals surface area contributed by atoms with Crippen LogP contribution >= 0.6 is 43.6 Å². The van der Waals surface area contributed by atoms with E-state index in [0.29, 0.717) is 20.3 Å². The zero-order valence-corrected chi connectivity index (χ0v) is 20.5. The van der Waals surface area contributed by atoms with Crippen LogP contribution < -0.4 is 10.7 Å². The maximum Gasteiger partial charge on any atom is 0.416 e. The molecule has 0 radical (unpaired) electrons. The third-order valence-electron chi connectivity index (χ3n) is 4.14. The molecule has 1 unspecified atom stereocenters. The van der Waals surface area contributed by atoms with E-state index >= 15 is 0 Å². The molecule has 0 aromatic heterocycles. The van der Waals surface area contributed by atoms with E-state index in [4.69, 9.17) is 0 Å². The lowest BCUT2D eigenvalue weighted by molar-refractivity contribution is -0.137. The molecule has 1 atom stereocenters. The summed E-state index contributed by atoms with van der Waals surface area (Å²) in [5.74, 6) is -0.809. The molecule has 0 aliphatic rings. The molecule has 2 aromatic carbocycles. The lowest BCUT2D eigenvalue weighted by Gasteiger charge is -2.17. The highest BCUT2D eigenvalue weighted by atomic mass is 79.9. The number of nitrogens with one attached hydrogen (secondary N) is 2. The van der Waals surface area contributed by atoms with Gasteiger partial charge in [-0.25, -0.2) is 5.43 Å². The third kappa shape index (κ3) is 7.52. The number of rotatable bonds is 8. The number of hydrazone groups is 1. The number of carbonyl (C=O) groups is 2. The van der Waals surface area contributed by atoms with Crippen LogP contribution in [0.5, 0.6) is 5.75 Å². The average Bonchev–Trinajstić information content (AvgIpc) is 2.73. The minimum absolute atomic E-state index is 0.00707. The van der Waals surface area contributed by atoms with Gasteiger partial charge in [0.25, 0.3) is 11.8 Å². The molecule has 0 fully saturated rings. The van der Waals surface area contributed by atoms with Crippen LogP contribution in [0, 0.1) is 0 Å². The number of hydrogen-bond acceptors (Lipinski definition) is 5. The monoisotopic (exact) mass is 595 g/mol. The molecule has 0 saturated carbocycles. The molecule has 2 rings (SSSR count). The van der Waals surface area contributed by atoms with E-state index < -0.39 is 29.6 Å². The SMILES string of the molecule is CSCCC(NC(=O)c1ccc(C(F)(F)F)cc1)C(=O)N/N=C/c1cc(Br)cc(Br)c1O. The first-order chi connectivity index (χ1) is 15.0. The van der Waals surface area contributed by atoms with Gasteiger partial charge in [0.2, 0.25) is 0 Å². The Hall–Kier alpha value is -2.05. The molecule has 0 aliphatic carbocycles. The van der Waals surface area contributed by atoms with E-state index in [1.165, 1.54) is 18.0 Å². The molecular weight excluding hydrogens is 579 g/mol. The lowest BCUT2D eigenvalue weighted by atomic mass is 10.1. The Morgan fingerprint density at radius 3 is 2.47 bits per heavy atom. The van der Waals surface area contributed by atoms with Crippen molar-refractivity contribution in [3.63, 3.8) is 0 Å². The van der Waals surface area contributed by atoms with Gasteiger partial charge in [-0.05, 0) is 70.8 Å². The largest absolute Gasteiger partial charge is 0.506 e. The van der Waals surface area contributed by atoms with E-state index in [1.54, 1.807) is 12.1 Å². The fraction of sp³-hybridized carbons (Fsp3) is 0.250. The van der Waals surface area contributed by atoms with Gasteiger partial charge in [-0.15, -0.1) is 0 Å². The predicted octanol–water partition coefficient (Wildman–Crippen LogP) is 4.94. The number of alkyl halides is 3. The number of benzene rings is 2. The Labute approximate surface area is 203 Å². The highest BCUT2D eigenvalue weighted by Gasteiger charge is 2.30. The van der Waals surface area contributed by atoms with Crippen molar-refractivity contribution in [1.82, 2.24) is 10.7 Å². The van der Waals surface area contributed by atoms with Gasteiger partial charge in [0.1, 0.15) is 11.8 Å². The van der Waals surface area contributed by atoms with Crippen molar-refractivity contribution in [2.75, 3.05) is 12.0 Å². The van der Waals surface area contributed by atoms with E-state index in [1.807, 2.05) is 6.26 Å². The van der Waals surface area contributed by atoms with Crippen LogP contribution in [0.4, 0.5) is 13.2 Å². The maximum absolute atomic E-state index is 12.7. The highest BCUT2D eigenvalue weighted by molar-refractivity contribution is 9.11. The quantitative estimate of drug-likeness (QED) is 0.297. The van der Waals surface area contributed by atoms with Crippen molar-refractivity contribution < 1.29 is 27.9 Å². The molecule has 12 heteroatoms. The summed E-state index contributed by atoms with van der Waals surface area (Å²) in [6.45, 7) is 0. The molecule has 0 aliphatic heterocycles. The van der Waals surface area contributed by atoms with Crippen molar-refractivity contribution >= 4 is 61.7 Å². The summed E-state index contributed by atoms with van der Waals surface area (Å²) in [5.41, 5.74) is 1.76. The fourth-order valence-electron chi connectivity index (χ4n) is 2.48. The van der Waals surface area contributed by atoms with Gasteiger partial charge >= 0.3 is 6.18 Å². The third-order valence-corrected chi connectivity index (χ3v) is 5.85. The van der Waals surface area contributed by atoms with E-state index in [0.717, 1.165) is 24.3 Å². The second-order valence-corrected chi connectivity index (χ2v) is 9.20. The van der Waals surface area contributed by atoms with Crippen molar-refractivity contribution in [2.45, 2.75) is 18.6 Å². The minimum Gasteiger partial charge on any atom is -0.506 e. The number of phenolic OH excluding ortho intramolecular Hbond substituents is 1. The normalized spacial score (nSPS) is 12.6. The van der Waals surface area contributed by atoms with Crippen LogP contribution in [0.15, 0.2) is 50.4 Å². The smallest absolute Gasteiger partial charge is 0.416 e. The average molecular weight is 597 g/mol. The van der Waals surface area contributed by atoms with E-state index in [-0.39, 0.29) is 17.7 Å². The first-order valence-corrected chi connectivity index (χ1v) is 12.0. The van der Waals surface area contributed by atoms with Crippen LogP contribution in [-0.4, -0.2) is 41.2 Å². The van der Waals surface area contributed by atoms with Crippen molar-refractivity contribution in [3.8, 4) is 5.75 Å². The first kappa shape index (κ1) is 26.2. The molecule has 0 bridgehead atoms. The summed E-state index contributed by atoms with van der Waals surface area (Å²) in [5, 5.41) is 16.4. The zero-order valence-electron chi connectivity index (χ0n) is 16.5. The number of hydrogen-bond donors (Lipinski definition) is 3. The number of halogens is 5. The van der Waals surface area contributed by atoms with Crippen LogP contribution in [-0.2, 0) is 11.0 Å². The number of amides is 2. The Bertz CT molecular complexity index is 1000. The zero-order chi connectivity index (χ0) is 23.9. The van der Waals surface area contributed by atoms with Gasteiger partial charge in [-0.2, -0.15) is 30.0 Å². The van der Waals surface area contributed by atoms with Gasteiger partial charge in [-0.3, -0.25) is 9.59 Å². The Morgan fingerprint density at radius 1 is 1.22 bits per heavy atom. The molecular formula is C20H18Br2F3N3O3S. The Balaban J connectivity index is 2.08. The predicted molar refractivity (Wildman–Crippen MR) is 125 cm³/mol. The fourth-order valence-corrected chi connectivity index (χ4v) is 4.21. The number of phenols is 1. The molecule has 6 nitrogen and oxygen atoms in total. The lowest BCUT2D eigenvalue weighted by Crippen LogP contribution is -2.45. The van der Waals surface area contributed by atoms with E-state index in [2.05, 4.69) is 47.7 Å². The number of nitrogens with zero attached hydrogens (tertiary/aromatic N) is 1. The summed E-state index contributed by atoms with van der Waals surface area (Å²) in [6.07, 6.45) is -1.15. The minimum atomic E-state index is -4.51. The van der Waals surface area contributed by atoms with Gasteiger partial charge < -0.3 is 10.4 Å². The van der Waals surface area contributed by atoms with E-state index in [9.17, 15) is 27.9 Å². The molecule has 172 valence electrons. The second kappa shape index (κ2) is 11.7. The molecule has 0 spiro atoms. The summed E-state index contributed by atoms with van der Waals surface area (Å²) in [7, 11) is 0. The summed E-state index contributed by atoms with van der Waals surface area (Å²) in [6, 6.07) is 5.98. The maximum atomic E-state index is 12.7. The number of aromatic hydroxyl groups is 1. The van der Waals surface area contributed by atoms with Gasteiger partial charge in [-0.1, -0.05) is 15.9 Å². The Morgan fingerprint density at radius 2 is 1.88 bits per heavy atom. The standard InChI is InChI=1S/C20H18Br2F3N3O3S/c1-32-7-6-16(27-18(30)11-2-4-13(5-3-11)20(23,24)25)19(31)28-26-10-12-8-14(21)9-15(22)17(12)29/h2-5,8-10,16,29H,6-7H2,1H3,(H,27,30)(H,28,31)/b26-10+. The second-order valence-electron chi connectivity index (χ2n) is 6.44. The molecule has 2 amide bonds. The summed E-state index contributed by atoms with van der Waals surface area (Å²) >= 11 is 7.94. The molecule has 2 aromatic rings. The van der Waals surface area contributed by atoms with Crippen molar-refractivity contribution in [3.05, 3.63) is 62.0 Å². The molecule has 3 N–H and O–H groups in total. The topological polar surface area (TPSA) is 90.8 Å². The number of thioether (sulfide) groups is 1. The van der Waals surface area contributed by atoms with Gasteiger partial charge in [0, 0.05) is 15.6 Å². The highest BCUT2D eigenvalue weighted by Crippen LogP contribution is 2.31. The molecule has 0 saturated heterocycles. The number of carbonyl (C=O) groups excluding carboxylic acids is 2. The van der Waals surface area contributed by atoms with Crippen molar-refractivity contribution in [2.24, 2.45) is 5.10 Å². The van der Waals surface area contributed by atoms with Crippen molar-refractivity contribution in [1.29, 1.82) is 0 Å². The summed E-state index contributed by atoms with van der Waals surface area (Å²) < 4.78 is 39.2.